The number of nitrogens with zero attached hydrogens (tertiary/aromatic N) is 2. The molecular formula is C25H18BrN3O3. The molecule has 158 valence electrons. The number of benzene rings is 3. The second-order valence-electron chi connectivity index (χ2n) is 7.39. The molecule has 0 radical (unpaired) electrons. The summed E-state index contributed by atoms with van der Waals surface area (Å²) in [6.07, 6.45) is 0.506. The van der Waals surface area contributed by atoms with E-state index in [1.54, 1.807) is 0 Å². The van der Waals surface area contributed by atoms with Gasteiger partial charge in [-0.2, -0.15) is 0 Å². The first-order valence-electron chi connectivity index (χ1n) is 10.0. The standard InChI is InChI=1S/C25H18BrN3O3/c1-15-20-14-18(26)9-12-21(20)31-23(15)24(30)27-19-10-7-16(8-11-19)13-22-28-29-25(32-22)17-5-3-2-4-6-17/h2-12,14H,13H2,1H3,(H,27,30). The highest BCUT2D eigenvalue weighted by Crippen LogP contribution is 2.28. The van der Waals surface area contributed by atoms with Crippen LogP contribution in [0, 0.1) is 6.92 Å². The van der Waals surface area contributed by atoms with Crippen molar-refractivity contribution in [1.29, 1.82) is 0 Å². The minimum atomic E-state index is -0.285. The molecule has 0 spiro atoms. The number of carbonyl (C=O) groups is 1. The van der Waals surface area contributed by atoms with Crippen LogP contribution in [0.25, 0.3) is 22.4 Å². The molecule has 2 aromatic heterocycles. The Hall–Kier alpha value is -3.71. The molecule has 1 N–H and O–H groups in total. The second kappa shape index (κ2) is 8.43. The van der Waals surface area contributed by atoms with E-state index in [4.69, 9.17) is 8.83 Å². The van der Waals surface area contributed by atoms with Gasteiger partial charge in [0.2, 0.25) is 11.8 Å². The normalized spacial score (nSPS) is 11.1. The Morgan fingerprint density at radius 1 is 0.969 bits per heavy atom. The predicted molar refractivity (Wildman–Crippen MR) is 126 cm³/mol. The summed E-state index contributed by atoms with van der Waals surface area (Å²) >= 11 is 3.45. The number of halogens is 1. The lowest BCUT2D eigenvalue weighted by molar-refractivity contribution is 0.0998. The topological polar surface area (TPSA) is 81.2 Å². The average Bonchev–Trinajstić information content (AvgIpc) is 3.40. The summed E-state index contributed by atoms with van der Waals surface area (Å²) in [5, 5.41) is 12.1. The lowest BCUT2D eigenvalue weighted by atomic mass is 10.1. The minimum absolute atomic E-state index is 0.285. The van der Waals surface area contributed by atoms with E-state index in [1.165, 1.54) is 0 Å². The Morgan fingerprint density at radius 3 is 2.53 bits per heavy atom. The molecule has 0 atom stereocenters. The van der Waals surface area contributed by atoms with Crippen LogP contribution in [0.5, 0.6) is 0 Å². The summed E-state index contributed by atoms with van der Waals surface area (Å²) in [5.41, 5.74) is 4.05. The number of amides is 1. The molecule has 5 rings (SSSR count). The fourth-order valence-corrected chi connectivity index (χ4v) is 3.86. The molecule has 0 fully saturated rings. The summed E-state index contributed by atoms with van der Waals surface area (Å²) in [6.45, 7) is 1.88. The van der Waals surface area contributed by atoms with Crippen LogP contribution >= 0.6 is 15.9 Å². The molecular weight excluding hydrogens is 470 g/mol. The molecule has 0 aliphatic rings. The Balaban J connectivity index is 1.28. The first-order valence-corrected chi connectivity index (χ1v) is 10.8. The molecule has 0 bridgehead atoms. The molecule has 3 aromatic carbocycles. The largest absolute Gasteiger partial charge is 0.451 e. The van der Waals surface area contributed by atoms with Crippen LogP contribution in [-0.2, 0) is 6.42 Å². The van der Waals surface area contributed by atoms with Crippen molar-refractivity contribution in [2.45, 2.75) is 13.3 Å². The first-order chi connectivity index (χ1) is 15.6. The second-order valence-corrected chi connectivity index (χ2v) is 8.31. The van der Waals surface area contributed by atoms with Crippen molar-refractivity contribution in [2.75, 3.05) is 5.32 Å². The van der Waals surface area contributed by atoms with Crippen molar-refractivity contribution in [2.24, 2.45) is 0 Å². The van der Waals surface area contributed by atoms with Crippen molar-refractivity contribution in [3.05, 3.63) is 100 Å². The van der Waals surface area contributed by atoms with Crippen LogP contribution in [-0.4, -0.2) is 16.1 Å². The van der Waals surface area contributed by atoms with Gasteiger partial charge in [0.25, 0.3) is 5.91 Å². The van der Waals surface area contributed by atoms with Gasteiger partial charge in [-0.05, 0) is 55.0 Å². The maximum Gasteiger partial charge on any atom is 0.291 e. The van der Waals surface area contributed by atoms with Gasteiger partial charge >= 0.3 is 0 Å². The number of rotatable bonds is 5. The van der Waals surface area contributed by atoms with Gasteiger partial charge in [-0.25, -0.2) is 0 Å². The molecule has 0 aliphatic carbocycles. The van der Waals surface area contributed by atoms with E-state index in [1.807, 2.05) is 79.7 Å². The quantitative estimate of drug-likeness (QED) is 0.310. The zero-order valence-corrected chi connectivity index (χ0v) is 18.7. The number of aromatic nitrogens is 2. The van der Waals surface area contributed by atoms with Crippen LogP contribution in [0.1, 0.15) is 27.6 Å². The van der Waals surface area contributed by atoms with E-state index < -0.39 is 0 Å². The molecule has 0 aliphatic heterocycles. The molecule has 0 saturated heterocycles. The summed E-state index contributed by atoms with van der Waals surface area (Å²) in [4.78, 5) is 12.8. The van der Waals surface area contributed by atoms with Crippen LogP contribution in [0.2, 0.25) is 0 Å². The lowest BCUT2D eigenvalue weighted by Gasteiger charge is -2.05. The minimum Gasteiger partial charge on any atom is -0.451 e. The van der Waals surface area contributed by atoms with Gasteiger partial charge < -0.3 is 14.2 Å². The lowest BCUT2D eigenvalue weighted by Crippen LogP contribution is -2.12. The fourth-order valence-electron chi connectivity index (χ4n) is 3.50. The average molecular weight is 488 g/mol. The van der Waals surface area contributed by atoms with Gasteiger partial charge in [0, 0.05) is 26.7 Å². The van der Waals surface area contributed by atoms with E-state index in [9.17, 15) is 4.79 Å². The van der Waals surface area contributed by atoms with Gasteiger partial charge in [0.1, 0.15) is 5.58 Å². The van der Waals surface area contributed by atoms with Gasteiger partial charge in [0.05, 0.1) is 6.42 Å². The third-order valence-corrected chi connectivity index (χ3v) is 5.65. The van der Waals surface area contributed by atoms with E-state index >= 15 is 0 Å². The summed E-state index contributed by atoms with van der Waals surface area (Å²) in [5.74, 6) is 1.05. The number of hydrogen-bond donors (Lipinski definition) is 1. The monoisotopic (exact) mass is 487 g/mol. The highest BCUT2D eigenvalue weighted by atomic mass is 79.9. The van der Waals surface area contributed by atoms with Crippen LogP contribution in [0.4, 0.5) is 5.69 Å². The summed E-state index contributed by atoms with van der Waals surface area (Å²) in [6, 6.07) is 22.9. The molecule has 0 saturated carbocycles. The molecule has 7 heteroatoms. The highest BCUT2D eigenvalue weighted by Gasteiger charge is 2.18. The van der Waals surface area contributed by atoms with E-state index in [2.05, 4.69) is 31.4 Å². The number of carbonyl (C=O) groups excluding carboxylic acids is 1. The number of hydrogen-bond acceptors (Lipinski definition) is 5. The summed E-state index contributed by atoms with van der Waals surface area (Å²) < 4.78 is 12.5. The van der Waals surface area contributed by atoms with Crippen molar-refractivity contribution in [3.8, 4) is 11.5 Å². The van der Waals surface area contributed by atoms with E-state index in [-0.39, 0.29) is 5.91 Å². The number of aryl methyl sites for hydroxylation is 1. The van der Waals surface area contributed by atoms with E-state index in [0.29, 0.717) is 35.2 Å². The zero-order chi connectivity index (χ0) is 22.1. The van der Waals surface area contributed by atoms with Gasteiger partial charge in [-0.15, -0.1) is 10.2 Å². The van der Waals surface area contributed by atoms with Crippen molar-refractivity contribution in [1.82, 2.24) is 10.2 Å². The van der Waals surface area contributed by atoms with Gasteiger partial charge in [-0.3, -0.25) is 4.79 Å². The zero-order valence-electron chi connectivity index (χ0n) is 17.1. The number of nitrogens with one attached hydrogen (secondary N) is 1. The van der Waals surface area contributed by atoms with Crippen molar-refractivity contribution in [3.63, 3.8) is 0 Å². The Morgan fingerprint density at radius 2 is 1.75 bits per heavy atom. The van der Waals surface area contributed by atoms with Gasteiger partial charge in [0.15, 0.2) is 5.76 Å². The molecule has 5 aromatic rings. The van der Waals surface area contributed by atoms with Crippen LogP contribution in [0.15, 0.2) is 86.1 Å². The molecule has 6 nitrogen and oxygen atoms in total. The molecule has 32 heavy (non-hydrogen) atoms. The third kappa shape index (κ3) is 4.07. The SMILES string of the molecule is Cc1c(C(=O)Nc2ccc(Cc3nnc(-c4ccccc4)o3)cc2)oc2ccc(Br)cc12. The Kier molecular flexibility index (Phi) is 5.33. The van der Waals surface area contributed by atoms with E-state index in [0.717, 1.165) is 26.5 Å². The Bertz CT molecular complexity index is 1410. The Labute approximate surface area is 192 Å². The maximum atomic E-state index is 12.8. The van der Waals surface area contributed by atoms with Crippen LogP contribution in [0.3, 0.4) is 0 Å². The van der Waals surface area contributed by atoms with Gasteiger partial charge in [-0.1, -0.05) is 46.3 Å². The predicted octanol–water partition coefficient (Wildman–Crippen LogP) is 6.40. The summed E-state index contributed by atoms with van der Waals surface area (Å²) in [7, 11) is 0. The first kappa shape index (κ1) is 20.2. The fraction of sp³-hybridized carbons (Fsp3) is 0.0800. The molecule has 1 amide bonds. The maximum absolute atomic E-state index is 12.8. The molecule has 0 unspecified atom stereocenters. The van der Waals surface area contributed by atoms with Crippen molar-refractivity contribution >= 4 is 38.5 Å². The number of fused-ring (bicyclic) bond motifs is 1. The number of anilines is 1. The number of furan rings is 1. The van der Waals surface area contributed by atoms with Crippen LogP contribution < -0.4 is 5.32 Å². The van der Waals surface area contributed by atoms with Crippen molar-refractivity contribution < 1.29 is 13.6 Å². The molecule has 2 heterocycles. The highest BCUT2D eigenvalue weighted by molar-refractivity contribution is 9.10. The third-order valence-electron chi connectivity index (χ3n) is 5.16. The smallest absolute Gasteiger partial charge is 0.291 e.